The maximum absolute atomic E-state index is 11.1. The minimum absolute atomic E-state index is 0.0282. The van der Waals surface area contributed by atoms with E-state index in [1.807, 2.05) is 28.8 Å². The van der Waals surface area contributed by atoms with Crippen LogP contribution < -0.4 is 5.32 Å². The van der Waals surface area contributed by atoms with E-state index in [9.17, 15) is 10.1 Å². The van der Waals surface area contributed by atoms with Crippen molar-refractivity contribution in [1.82, 2.24) is 19.6 Å². The van der Waals surface area contributed by atoms with Crippen LogP contribution in [0, 0.1) is 17.0 Å². The second-order valence-electron chi connectivity index (χ2n) is 5.16. The van der Waals surface area contributed by atoms with Crippen LogP contribution in [-0.2, 0) is 6.42 Å². The van der Waals surface area contributed by atoms with E-state index < -0.39 is 4.92 Å². The molecule has 0 spiro atoms. The monoisotopic (exact) mass is 312 g/mol. The van der Waals surface area contributed by atoms with Crippen LogP contribution in [0.25, 0.3) is 5.65 Å². The number of nitrogens with zero attached hydrogens (tertiary/aromatic N) is 5. The van der Waals surface area contributed by atoms with E-state index in [4.69, 9.17) is 0 Å². The maximum atomic E-state index is 11.1. The minimum atomic E-state index is -0.406. The number of nitro groups is 1. The Morgan fingerprint density at radius 2 is 2.17 bits per heavy atom. The van der Waals surface area contributed by atoms with Crippen molar-refractivity contribution in [3.8, 4) is 0 Å². The smallest absolute Gasteiger partial charge is 0.314 e. The van der Waals surface area contributed by atoms with Crippen LogP contribution in [0.5, 0.6) is 0 Å². The van der Waals surface area contributed by atoms with Crippen LogP contribution in [-0.4, -0.2) is 31.1 Å². The predicted octanol–water partition coefficient (Wildman–Crippen LogP) is 2.39. The van der Waals surface area contributed by atoms with Gasteiger partial charge in [-0.3, -0.25) is 14.5 Å². The number of rotatable bonds is 6. The highest BCUT2D eigenvalue weighted by molar-refractivity contribution is 5.59. The number of fused-ring (bicyclic) bond motifs is 1. The second kappa shape index (κ2) is 6.39. The lowest BCUT2D eigenvalue weighted by Gasteiger charge is -2.07. The van der Waals surface area contributed by atoms with E-state index in [-0.39, 0.29) is 5.69 Å². The minimum Gasteiger partial charge on any atom is -0.364 e. The molecule has 0 amide bonds. The van der Waals surface area contributed by atoms with E-state index in [1.165, 1.54) is 0 Å². The molecule has 0 aliphatic carbocycles. The maximum Gasteiger partial charge on any atom is 0.314 e. The van der Waals surface area contributed by atoms with Gasteiger partial charge in [0, 0.05) is 30.9 Å². The number of nitrogens with one attached hydrogen (secondary N) is 1. The first kappa shape index (κ1) is 14.9. The number of anilines is 1. The summed E-state index contributed by atoms with van der Waals surface area (Å²) in [7, 11) is 0. The molecular formula is C15H16N6O2. The van der Waals surface area contributed by atoms with Gasteiger partial charge in [-0.15, -0.1) is 10.2 Å². The Labute approximate surface area is 132 Å². The first-order valence-electron chi connectivity index (χ1n) is 7.29. The van der Waals surface area contributed by atoms with Crippen LogP contribution >= 0.6 is 0 Å². The van der Waals surface area contributed by atoms with E-state index in [0.29, 0.717) is 17.9 Å². The molecule has 23 heavy (non-hydrogen) atoms. The molecule has 1 N–H and O–H groups in total. The third-order valence-electron chi connectivity index (χ3n) is 3.56. The van der Waals surface area contributed by atoms with Crippen molar-refractivity contribution in [2.75, 3.05) is 11.9 Å². The fourth-order valence-electron chi connectivity index (χ4n) is 2.42. The van der Waals surface area contributed by atoms with Gasteiger partial charge in [0.05, 0.1) is 4.92 Å². The Morgan fingerprint density at radius 1 is 1.30 bits per heavy atom. The summed E-state index contributed by atoms with van der Waals surface area (Å²) in [6.07, 6.45) is 4.97. The molecule has 0 aliphatic heterocycles. The number of hydrogen-bond donors (Lipinski definition) is 1. The van der Waals surface area contributed by atoms with Crippen molar-refractivity contribution < 1.29 is 4.92 Å². The molecule has 3 heterocycles. The van der Waals surface area contributed by atoms with Crippen molar-refractivity contribution >= 4 is 17.2 Å². The summed E-state index contributed by atoms with van der Waals surface area (Å²) < 4.78 is 1.94. The van der Waals surface area contributed by atoms with Gasteiger partial charge in [-0.05, 0) is 31.5 Å². The van der Waals surface area contributed by atoms with E-state index in [2.05, 4.69) is 20.5 Å². The number of aryl methyl sites for hydroxylation is 2. The highest BCUT2D eigenvalue weighted by Crippen LogP contribution is 2.25. The van der Waals surface area contributed by atoms with Crippen LogP contribution in [0.1, 0.15) is 17.8 Å². The molecule has 3 aromatic heterocycles. The molecule has 118 valence electrons. The van der Waals surface area contributed by atoms with Crippen LogP contribution in [0.4, 0.5) is 11.5 Å². The molecule has 0 aliphatic rings. The highest BCUT2D eigenvalue weighted by Gasteiger charge is 2.17. The molecule has 0 atom stereocenters. The fourth-order valence-corrected chi connectivity index (χ4v) is 2.42. The van der Waals surface area contributed by atoms with Gasteiger partial charge in [0.1, 0.15) is 5.82 Å². The third-order valence-corrected chi connectivity index (χ3v) is 3.56. The van der Waals surface area contributed by atoms with Gasteiger partial charge in [-0.1, -0.05) is 6.07 Å². The molecule has 0 aromatic carbocycles. The van der Waals surface area contributed by atoms with Gasteiger partial charge in [0.25, 0.3) is 0 Å². The molecule has 3 rings (SSSR count). The normalized spacial score (nSPS) is 10.8. The molecule has 3 aromatic rings. The van der Waals surface area contributed by atoms with Gasteiger partial charge in [-0.25, -0.2) is 4.98 Å². The SMILES string of the molecule is Cc1ccnc(NCCCc2nnc3ccccn23)c1[N+](=O)[O-]. The Bertz CT molecular complexity index is 845. The van der Waals surface area contributed by atoms with Gasteiger partial charge >= 0.3 is 5.69 Å². The van der Waals surface area contributed by atoms with E-state index in [0.717, 1.165) is 24.3 Å². The van der Waals surface area contributed by atoms with Crippen molar-refractivity contribution in [1.29, 1.82) is 0 Å². The largest absolute Gasteiger partial charge is 0.364 e. The summed E-state index contributed by atoms with van der Waals surface area (Å²) in [5, 5.41) is 22.4. The highest BCUT2D eigenvalue weighted by atomic mass is 16.6. The fraction of sp³-hybridized carbons (Fsp3) is 0.267. The molecule has 8 nitrogen and oxygen atoms in total. The summed E-state index contributed by atoms with van der Waals surface area (Å²) in [4.78, 5) is 14.8. The molecule has 8 heteroatoms. The summed E-state index contributed by atoms with van der Waals surface area (Å²) in [6, 6.07) is 7.37. The molecule has 0 saturated carbocycles. The first-order valence-corrected chi connectivity index (χ1v) is 7.29. The first-order chi connectivity index (χ1) is 11.2. The van der Waals surface area contributed by atoms with Crippen molar-refractivity contribution in [3.63, 3.8) is 0 Å². The summed E-state index contributed by atoms with van der Waals surface area (Å²) in [6.45, 7) is 2.27. The van der Waals surface area contributed by atoms with Gasteiger partial charge in [-0.2, -0.15) is 0 Å². The Hall–Kier alpha value is -3.03. The van der Waals surface area contributed by atoms with Gasteiger partial charge in [0.15, 0.2) is 5.65 Å². The van der Waals surface area contributed by atoms with E-state index >= 15 is 0 Å². The number of pyridine rings is 2. The van der Waals surface area contributed by atoms with E-state index in [1.54, 1.807) is 19.2 Å². The quantitative estimate of drug-likeness (QED) is 0.426. The second-order valence-corrected chi connectivity index (χ2v) is 5.16. The summed E-state index contributed by atoms with van der Waals surface area (Å²) >= 11 is 0. The molecule has 0 saturated heterocycles. The predicted molar refractivity (Wildman–Crippen MR) is 85.4 cm³/mol. The van der Waals surface area contributed by atoms with Crippen molar-refractivity contribution in [3.05, 3.63) is 58.2 Å². The average molecular weight is 312 g/mol. The lowest BCUT2D eigenvalue weighted by molar-refractivity contribution is -0.384. The van der Waals surface area contributed by atoms with Gasteiger partial charge < -0.3 is 5.32 Å². The molecule has 0 bridgehead atoms. The molecule has 0 radical (unpaired) electrons. The van der Waals surface area contributed by atoms with Crippen molar-refractivity contribution in [2.45, 2.75) is 19.8 Å². The Morgan fingerprint density at radius 3 is 3.00 bits per heavy atom. The Balaban J connectivity index is 1.62. The summed E-state index contributed by atoms with van der Waals surface area (Å²) in [5.41, 5.74) is 1.43. The van der Waals surface area contributed by atoms with Crippen LogP contribution in [0.15, 0.2) is 36.7 Å². The molecule has 0 unspecified atom stereocenters. The topological polar surface area (TPSA) is 98.2 Å². The molecular weight excluding hydrogens is 296 g/mol. The standard InChI is InChI=1S/C15H16N6O2/c1-11-7-9-17-15(14(11)21(22)23)16-8-4-6-13-19-18-12-5-2-3-10-20(12)13/h2-3,5,7,9-10H,4,6,8H2,1H3,(H,16,17). The zero-order valence-corrected chi connectivity index (χ0v) is 12.6. The lowest BCUT2D eigenvalue weighted by Crippen LogP contribution is -2.08. The lowest BCUT2D eigenvalue weighted by atomic mass is 10.2. The van der Waals surface area contributed by atoms with Crippen molar-refractivity contribution in [2.24, 2.45) is 0 Å². The number of hydrogen-bond acceptors (Lipinski definition) is 6. The van der Waals surface area contributed by atoms with Gasteiger partial charge in [0.2, 0.25) is 5.82 Å². The molecule has 0 fully saturated rings. The number of aromatic nitrogens is 4. The third kappa shape index (κ3) is 3.10. The average Bonchev–Trinajstić information content (AvgIpc) is 2.94. The zero-order valence-electron chi connectivity index (χ0n) is 12.6. The summed E-state index contributed by atoms with van der Waals surface area (Å²) in [5.74, 6) is 1.18. The zero-order chi connectivity index (χ0) is 16.2. The van der Waals surface area contributed by atoms with Crippen LogP contribution in [0.3, 0.4) is 0 Å². The Kier molecular flexibility index (Phi) is 4.13. The van der Waals surface area contributed by atoms with Crippen LogP contribution in [0.2, 0.25) is 0 Å².